The van der Waals surface area contributed by atoms with Crippen LogP contribution in [0.5, 0.6) is 0 Å². The molecule has 4 amide bonds. The number of nitrogens with two attached hydrogens (primary N) is 2. The van der Waals surface area contributed by atoms with Gasteiger partial charge >= 0.3 is 5.97 Å². The third-order valence-electron chi connectivity index (χ3n) is 5.53. The summed E-state index contributed by atoms with van der Waals surface area (Å²) in [5.74, 6) is -3.77. The van der Waals surface area contributed by atoms with Crippen molar-refractivity contribution in [2.75, 3.05) is 6.54 Å². The maximum absolute atomic E-state index is 12.9. The number of carboxylic acids is 1. The number of amides is 4. The van der Waals surface area contributed by atoms with Crippen molar-refractivity contribution in [1.82, 2.24) is 20.9 Å². The minimum atomic E-state index is -1.29. The topological polar surface area (TPSA) is 209 Å². The van der Waals surface area contributed by atoms with E-state index < -0.39 is 54.3 Å². The number of aromatic amines is 1. The molecule has 0 aliphatic carbocycles. The van der Waals surface area contributed by atoms with Crippen LogP contribution >= 0.6 is 0 Å². The van der Waals surface area contributed by atoms with Gasteiger partial charge in [0.25, 0.3) is 0 Å². The number of carbonyl (C=O) groups excluding carboxylic acids is 4. The molecule has 0 aliphatic heterocycles. The molecule has 36 heavy (non-hydrogen) atoms. The van der Waals surface area contributed by atoms with E-state index in [4.69, 9.17) is 11.5 Å². The number of aromatic nitrogens is 1. The monoisotopic (exact) mass is 502 g/mol. The van der Waals surface area contributed by atoms with Gasteiger partial charge in [-0.1, -0.05) is 32.0 Å². The Kier molecular flexibility index (Phi) is 10.4. The van der Waals surface area contributed by atoms with Crippen LogP contribution in [0.3, 0.4) is 0 Å². The lowest BCUT2D eigenvalue weighted by Gasteiger charge is -2.21. The number of hydrogen-bond donors (Lipinski definition) is 7. The lowest BCUT2D eigenvalue weighted by molar-refractivity contribution is -0.142. The molecule has 2 aromatic rings. The summed E-state index contributed by atoms with van der Waals surface area (Å²) in [4.78, 5) is 63.6. The van der Waals surface area contributed by atoms with Gasteiger partial charge in [-0.25, -0.2) is 4.79 Å². The molecule has 196 valence electrons. The Hall–Kier alpha value is -3.93. The third kappa shape index (κ3) is 8.69. The molecule has 0 spiro atoms. The first-order valence-corrected chi connectivity index (χ1v) is 11.7. The number of primary amides is 1. The molecule has 3 atom stereocenters. The second kappa shape index (κ2) is 13.2. The summed E-state index contributed by atoms with van der Waals surface area (Å²) < 4.78 is 0. The number of fused-ring (bicyclic) bond motifs is 1. The predicted octanol–water partition coefficient (Wildman–Crippen LogP) is -0.480. The van der Waals surface area contributed by atoms with Gasteiger partial charge in [-0.05, 0) is 30.4 Å². The molecule has 9 N–H and O–H groups in total. The van der Waals surface area contributed by atoms with E-state index >= 15 is 0 Å². The Labute approximate surface area is 208 Å². The van der Waals surface area contributed by atoms with Gasteiger partial charge in [0.1, 0.15) is 12.1 Å². The highest BCUT2D eigenvalue weighted by Crippen LogP contribution is 2.19. The summed E-state index contributed by atoms with van der Waals surface area (Å²) >= 11 is 0. The smallest absolute Gasteiger partial charge is 0.326 e. The average molecular weight is 503 g/mol. The first-order chi connectivity index (χ1) is 17.0. The highest BCUT2D eigenvalue weighted by Gasteiger charge is 2.28. The molecule has 1 heterocycles. The van der Waals surface area contributed by atoms with Crippen molar-refractivity contribution in [3.63, 3.8) is 0 Å². The summed E-state index contributed by atoms with van der Waals surface area (Å²) in [7, 11) is 0. The van der Waals surface area contributed by atoms with Crippen molar-refractivity contribution in [1.29, 1.82) is 0 Å². The maximum atomic E-state index is 12.9. The van der Waals surface area contributed by atoms with E-state index in [1.54, 1.807) is 6.20 Å². The van der Waals surface area contributed by atoms with Crippen molar-refractivity contribution < 1.29 is 29.1 Å². The van der Waals surface area contributed by atoms with E-state index in [0.29, 0.717) is 12.0 Å². The van der Waals surface area contributed by atoms with Gasteiger partial charge in [-0.2, -0.15) is 0 Å². The molecule has 12 nitrogen and oxygen atoms in total. The Balaban J connectivity index is 2.04. The lowest BCUT2D eigenvalue weighted by atomic mass is 10.0. The van der Waals surface area contributed by atoms with Crippen LogP contribution in [0.1, 0.15) is 38.7 Å². The van der Waals surface area contributed by atoms with E-state index in [9.17, 15) is 29.1 Å². The lowest BCUT2D eigenvalue weighted by Crippen LogP contribution is -2.54. The molecular weight excluding hydrogens is 468 g/mol. The van der Waals surface area contributed by atoms with Crippen LogP contribution in [-0.4, -0.2) is 64.4 Å². The summed E-state index contributed by atoms with van der Waals surface area (Å²) in [6.07, 6.45) is 1.73. The summed E-state index contributed by atoms with van der Waals surface area (Å²) in [6, 6.07) is 4.02. The standard InChI is InChI=1S/C24H34N6O6/c1-13(2)9-16(25)22(33)28-12-21(32)29-18(7-8-20(26)31)23(34)30-19(24(35)36)10-14-11-27-17-6-4-3-5-15(14)17/h3-6,11,13,16,18-19,27H,7-10,12,25H2,1-2H3,(H2,26,31)(H,28,33)(H,29,32)(H,30,34)(H,35,36)/t16-,18-,19-/m0/s1. The minimum absolute atomic E-state index is 0.00856. The molecule has 1 aromatic carbocycles. The van der Waals surface area contributed by atoms with Crippen LogP contribution < -0.4 is 27.4 Å². The molecule has 0 saturated heterocycles. The fourth-order valence-corrected chi connectivity index (χ4v) is 3.71. The molecule has 0 unspecified atom stereocenters. The fourth-order valence-electron chi connectivity index (χ4n) is 3.71. The highest BCUT2D eigenvalue weighted by atomic mass is 16.4. The van der Waals surface area contributed by atoms with E-state index in [1.165, 1.54) is 0 Å². The van der Waals surface area contributed by atoms with Gasteiger partial charge in [0.2, 0.25) is 23.6 Å². The van der Waals surface area contributed by atoms with E-state index in [2.05, 4.69) is 20.9 Å². The Morgan fingerprint density at radius 1 is 1.03 bits per heavy atom. The predicted molar refractivity (Wildman–Crippen MR) is 132 cm³/mol. The number of aliphatic carboxylic acids is 1. The Morgan fingerprint density at radius 2 is 1.72 bits per heavy atom. The first-order valence-electron chi connectivity index (χ1n) is 11.7. The van der Waals surface area contributed by atoms with Crippen LogP contribution in [-0.2, 0) is 30.4 Å². The van der Waals surface area contributed by atoms with Gasteiger partial charge in [-0.15, -0.1) is 0 Å². The molecule has 1 aromatic heterocycles. The second-order valence-electron chi connectivity index (χ2n) is 9.04. The molecule has 12 heteroatoms. The molecule has 0 radical (unpaired) electrons. The van der Waals surface area contributed by atoms with Gasteiger partial charge < -0.3 is 37.5 Å². The van der Waals surface area contributed by atoms with Gasteiger partial charge in [-0.3, -0.25) is 19.2 Å². The SMILES string of the molecule is CC(C)C[C@H](N)C(=O)NCC(=O)N[C@@H](CCC(N)=O)C(=O)N[C@@H](Cc1c[nH]c2ccccc12)C(=O)O. The number of carboxylic acid groups (broad SMARTS) is 1. The average Bonchev–Trinajstić information content (AvgIpc) is 3.21. The minimum Gasteiger partial charge on any atom is -0.480 e. The number of H-pyrrole nitrogens is 1. The van der Waals surface area contributed by atoms with E-state index in [-0.39, 0.29) is 25.2 Å². The largest absolute Gasteiger partial charge is 0.480 e. The number of para-hydroxylation sites is 1. The highest BCUT2D eigenvalue weighted by molar-refractivity contribution is 5.93. The van der Waals surface area contributed by atoms with Crippen molar-refractivity contribution in [2.45, 2.75) is 57.7 Å². The van der Waals surface area contributed by atoms with Gasteiger partial charge in [0.15, 0.2) is 0 Å². The Morgan fingerprint density at radius 3 is 2.36 bits per heavy atom. The van der Waals surface area contributed by atoms with E-state index in [0.717, 1.165) is 10.9 Å². The quantitative estimate of drug-likeness (QED) is 0.180. The van der Waals surface area contributed by atoms with Crippen LogP contribution in [0.25, 0.3) is 10.9 Å². The molecular formula is C24H34N6O6. The molecule has 0 bridgehead atoms. The molecule has 2 rings (SSSR count). The summed E-state index contributed by atoms with van der Waals surface area (Å²) in [5.41, 5.74) is 12.5. The maximum Gasteiger partial charge on any atom is 0.326 e. The zero-order valence-corrected chi connectivity index (χ0v) is 20.4. The molecule has 0 saturated carbocycles. The van der Waals surface area contributed by atoms with Gasteiger partial charge in [0, 0.05) is 29.9 Å². The number of nitrogens with one attached hydrogen (secondary N) is 4. The number of benzene rings is 1. The number of hydrogen-bond acceptors (Lipinski definition) is 6. The fraction of sp³-hybridized carbons (Fsp3) is 0.458. The van der Waals surface area contributed by atoms with Crippen molar-refractivity contribution >= 4 is 40.5 Å². The van der Waals surface area contributed by atoms with Gasteiger partial charge in [0.05, 0.1) is 12.6 Å². The van der Waals surface area contributed by atoms with Crippen molar-refractivity contribution in [3.8, 4) is 0 Å². The third-order valence-corrected chi connectivity index (χ3v) is 5.53. The summed E-state index contributed by atoms with van der Waals surface area (Å²) in [6.45, 7) is 3.37. The summed E-state index contributed by atoms with van der Waals surface area (Å²) in [5, 5.41) is 17.8. The van der Waals surface area contributed by atoms with Crippen LogP contribution in [0, 0.1) is 5.92 Å². The number of carbonyl (C=O) groups is 5. The molecule has 0 aliphatic rings. The normalized spacial score (nSPS) is 13.6. The first kappa shape index (κ1) is 28.3. The van der Waals surface area contributed by atoms with Crippen LogP contribution in [0.15, 0.2) is 30.5 Å². The molecule has 0 fully saturated rings. The Bertz CT molecular complexity index is 1100. The van der Waals surface area contributed by atoms with Crippen LogP contribution in [0.4, 0.5) is 0 Å². The zero-order chi connectivity index (χ0) is 26.8. The number of rotatable bonds is 14. The van der Waals surface area contributed by atoms with Crippen molar-refractivity contribution in [2.24, 2.45) is 17.4 Å². The van der Waals surface area contributed by atoms with Crippen LogP contribution in [0.2, 0.25) is 0 Å². The second-order valence-corrected chi connectivity index (χ2v) is 9.04. The van der Waals surface area contributed by atoms with E-state index in [1.807, 2.05) is 38.1 Å². The zero-order valence-electron chi connectivity index (χ0n) is 20.4. The van der Waals surface area contributed by atoms with Crippen molar-refractivity contribution in [3.05, 3.63) is 36.0 Å².